The Morgan fingerprint density at radius 2 is 2.16 bits per heavy atom. The normalized spacial score (nSPS) is 14.6. The van der Waals surface area contributed by atoms with Gasteiger partial charge in [0.2, 0.25) is 0 Å². The molecule has 2 atom stereocenters. The summed E-state index contributed by atoms with van der Waals surface area (Å²) in [6.07, 6.45) is 1.42. The van der Waals surface area contributed by atoms with E-state index in [1.54, 1.807) is 11.3 Å². The molecule has 1 heterocycles. The highest BCUT2D eigenvalue weighted by Crippen LogP contribution is 2.34. The van der Waals surface area contributed by atoms with E-state index >= 15 is 0 Å². The van der Waals surface area contributed by atoms with E-state index in [1.165, 1.54) is 4.88 Å². The van der Waals surface area contributed by atoms with E-state index in [-0.39, 0.29) is 12.1 Å². The van der Waals surface area contributed by atoms with Gasteiger partial charge in [0.05, 0.1) is 16.4 Å². The Balaban J connectivity index is 3.03. The van der Waals surface area contributed by atoms with Crippen LogP contribution in [-0.4, -0.2) is 23.5 Å². The Morgan fingerprint density at radius 3 is 2.58 bits per heavy atom. The summed E-state index contributed by atoms with van der Waals surface area (Å²) in [5, 5.41) is 8.82. The van der Waals surface area contributed by atoms with E-state index in [2.05, 4.69) is 37.8 Å². The Bertz CT molecular complexity index is 425. The van der Waals surface area contributed by atoms with Crippen LogP contribution in [0.4, 0.5) is 0 Å². The first-order valence-electron chi connectivity index (χ1n) is 6.64. The topological polar surface area (TPSA) is 53.0 Å². The molecule has 1 aromatic rings. The van der Waals surface area contributed by atoms with Crippen molar-refractivity contribution in [1.82, 2.24) is 4.90 Å². The van der Waals surface area contributed by atoms with Crippen LogP contribution < -0.4 is 5.73 Å². The molecule has 19 heavy (non-hydrogen) atoms. The molecule has 0 amide bonds. The lowest BCUT2D eigenvalue weighted by Gasteiger charge is -2.37. The van der Waals surface area contributed by atoms with Crippen LogP contribution in [-0.2, 0) is 0 Å². The number of rotatable bonds is 7. The summed E-state index contributed by atoms with van der Waals surface area (Å²) in [7, 11) is 0. The highest BCUT2D eigenvalue weighted by atomic mass is 35.5. The molecular formula is C14H22ClN3S. The number of thiophene rings is 1. The molecular weight excluding hydrogens is 278 g/mol. The summed E-state index contributed by atoms with van der Waals surface area (Å²) < 4.78 is 0.785. The number of halogens is 1. The van der Waals surface area contributed by atoms with Crippen molar-refractivity contribution in [2.24, 2.45) is 5.73 Å². The summed E-state index contributed by atoms with van der Waals surface area (Å²) in [6.45, 7) is 7.11. The molecule has 0 saturated carbocycles. The molecule has 3 nitrogen and oxygen atoms in total. The third kappa shape index (κ3) is 4.47. The third-order valence-corrected chi connectivity index (χ3v) is 4.57. The molecule has 1 rings (SSSR count). The van der Waals surface area contributed by atoms with Gasteiger partial charge in [0.1, 0.15) is 0 Å². The van der Waals surface area contributed by atoms with E-state index in [9.17, 15) is 0 Å². The van der Waals surface area contributed by atoms with Crippen LogP contribution in [0.2, 0.25) is 4.34 Å². The van der Waals surface area contributed by atoms with Gasteiger partial charge in [0, 0.05) is 29.9 Å². The second-order valence-electron chi connectivity index (χ2n) is 4.90. The maximum atomic E-state index is 8.82. The molecule has 0 aliphatic heterocycles. The van der Waals surface area contributed by atoms with Crippen LogP contribution in [0.3, 0.4) is 0 Å². The van der Waals surface area contributed by atoms with Crippen LogP contribution in [0.5, 0.6) is 0 Å². The molecule has 0 saturated heterocycles. The van der Waals surface area contributed by atoms with E-state index in [4.69, 9.17) is 22.6 Å². The third-order valence-electron chi connectivity index (χ3n) is 3.26. The predicted molar refractivity (Wildman–Crippen MR) is 82.4 cm³/mol. The SMILES string of the molecule is CCC(N)C(c1ccc(Cl)s1)N(CCC#N)C(C)C. The molecule has 2 N–H and O–H groups in total. The highest BCUT2D eigenvalue weighted by Gasteiger charge is 2.28. The minimum absolute atomic E-state index is 0.0517. The Labute approximate surface area is 125 Å². The smallest absolute Gasteiger partial charge is 0.0931 e. The van der Waals surface area contributed by atoms with Crippen molar-refractivity contribution < 1.29 is 0 Å². The van der Waals surface area contributed by atoms with Crippen LogP contribution in [0.15, 0.2) is 12.1 Å². The van der Waals surface area contributed by atoms with Crippen molar-refractivity contribution >= 4 is 22.9 Å². The van der Waals surface area contributed by atoms with E-state index in [0.29, 0.717) is 12.5 Å². The number of nitrogens with two attached hydrogens (primary N) is 1. The molecule has 5 heteroatoms. The monoisotopic (exact) mass is 299 g/mol. The summed E-state index contributed by atoms with van der Waals surface area (Å²) >= 11 is 7.63. The molecule has 0 aliphatic carbocycles. The highest BCUT2D eigenvalue weighted by molar-refractivity contribution is 7.16. The summed E-state index contributed by atoms with van der Waals surface area (Å²) in [6, 6.07) is 6.71. The fourth-order valence-corrected chi connectivity index (χ4v) is 3.49. The fraction of sp³-hybridized carbons (Fsp3) is 0.643. The minimum Gasteiger partial charge on any atom is -0.326 e. The number of nitriles is 1. The lowest BCUT2D eigenvalue weighted by molar-refractivity contribution is 0.135. The molecule has 0 fully saturated rings. The predicted octanol–water partition coefficient (Wildman–Crippen LogP) is 3.80. The first kappa shape index (κ1) is 16.5. The molecule has 0 aromatic carbocycles. The van der Waals surface area contributed by atoms with Crippen molar-refractivity contribution in [3.8, 4) is 6.07 Å². The Kier molecular flexibility index (Phi) is 6.81. The number of hydrogen-bond acceptors (Lipinski definition) is 4. The first-order chi connectivity index (χ1) is 9.01. The second-order valence-corrected chi connectivity index (χ2v) is 6.65. The second kappa shape index (κ2) is 7.86. The molecule has 0 spiro atoms. The van der Waals surface area contributed by atoms with Gasteiger partial charge >= 0.3 is 0 Å². The van der Waals surface area contributed by atoms with Crippen molar-refractivity contribution in [1.29, 1.82) is 5.26 Å². The average Bonchev–Trinajstić information content (AvgIpc) is 2.79. The zero-order chi connectivity index (χ0) is 14.4. The number of hydrogen-bond donors (Lipinski definition) is 1. The van der Waals surface area contributed by atoms with Crippen LogP contribution in [0.1, 0.15) is 44.5 Å². The van der Waals surface area contributed by atoms with Gasteiger partial charge in [-0.1, -0.05) is 18.5 Å². The molecule has 0 radical (unpaired) electrons. The summed E-state index contributed by atoms with van der Waals surface area (Å²) in [4.78, 5) is 3.49. The average molecular weight is 300 g/mol. The number of nitrogens with zero attached hydrogens (tertiary/aromatic N) is 2. The minimum atomic E-state index is 0.0517. The lowest BCUT2D eigenvalue weighted by atomic mass is 10.0. The van der Waals surface area contributed by atoms with E-state index < -0.39 is 0 Å². The van der Waals surface area contributed by atoms with Gasteiger partial charge in [-0.05, 0) is 32.4 Å². The molecule has 0 aliphatic rings. The molecule has 0 bridgehead atoms. The maximum absolute atomic E-state index is 8.82. The summed E-state index contributed by atoms with van der Waals surface area (Å²) in [5.74, 6) is 0. The van der Waals surface area contributed by atoms with Gasteiger partial charge in [0.25, 0.3) is 0 Å². The van der Waals surface area contributed by atoms with Crippen molar-refractivity contribution in [2.45, 2.75) is 51.7 Å². The van der Waals surface area contributed by atoms with Crippen molar-refractivity contribution in [3.05, 3.63) is 21.3 Å². The van der Waals surface area contributed by atoms with Gasteiger partial charge < -0.3 is 5.73 Å². The molecule has 1 aromatic heterocycles. The van der Waals surface area contributed by atoms with Crippen LogP contribution >= 0.6 is 22.9 Å². The molecule has 2 unspecified atom stereocenters. The lowest BCUT2D eigenvalue weighted by Crippen LogP contribution is -2.44. The van der Waals surface area contributed by atoms with Crippen molar-refractivity contribution in [3.63, 3.8) is 0 Å². The Morgan fingerprint density at radius 1 is 1.47 bits per heavy atom. The van der Waals surface area contributed by atoms with Gasteiger partial charge in [-0.3, -0.25) is 4.90 Å². The van der Waals surface area contributed by atoms with Crippen molar-refractivity contribution in [2.75, 3.05) is 6.54 Å². The van der Waals surface area contributed by atoms with Gasteiger partial charge in [0.15, 0.2) is 0 Å². The van der Waals surface area contributed by atoms with Gasteiger partial charge in [-0.15, -0.1) is 11.3 Å². The van der Waals surface area contributed by atoms with Gasteiger partial charge in [-0.2, -0.15) is 5.26 Å². The fourth-order valence-electron chi connectivity index (χ4n) is 2.23. The maximum Gasteiger partial charge on any atom is 0.0931 e. The quantitative estimate of drug-likeness (QED) is 0.833. The van der Waals surface area contributed by atoms with E-state index in [1.807, 2.05) is 6.07 Å². The molecule has 106 valence electrons. The van der Waals surface area contributed by atoms with Gasteiger partial charge in [-0.25, -0.2) is 0 Å². The summed E-state index contributed by atoms with van der Waals surface area (Å²) in [5.41, 5.74) is 6.31. The first-order valence-corrected chi connectivity index (χ1v) is 7.84. The zero-order valence-electron chi connectivity index (χ0n) is 11.8. The van der Waals surface area contributed by atoms with E-state index in [0.717, 1.165) is 17.3 Å². The zero-order valence-corrected chi connectivity index (χ0v) is 13.3. The van der Waals surface area contributed by atoms with Crippen LogP contribution in [0, 0.1) is 11.3 Å². The van der Waals surface area contributed by atoms with Crippen LogP contribution in [0.25, 0.3) is 0 Å². The Hall–Kier alpha value is -0.600. The largest absolute Gasteiger partial charge is 0.326 e. The standard InChI is InChI=1S/C14H22ClN3S/c1-4-11(17)14(12-6-7-13(15)19-12)18(10(2)3)9-5-8-16/h6-7,10-11,14H,4-5,9,17H2,1-3H3.